The fraction of sp³-hybridized carbons (Fsp3) is 0.450. The van der Waals surface area contributed by atoms with Gasteiger partial charge < -0.3 is 14.9 Å². The second-order valence-corrected chi connectivity index (χ2v) is 5.65. The first kappa shape index (κ1) is 20.1. The minimum absolute atomic E-state index is 0.139. The Bertz CT molecular complexity index is 500. The van der Waals surface area contributed by atoms with Gasteiger partial charge in [0.2, 0.25) is 0 Å². The summed E-state index contributed by atoms with van der Waals surface area (Å²) in [5.41, 5.74) is 0. The average Bonchev–Trinajstić information content (AvgIpc) is 3.30. The summed E-state index contributed by atoms with van der Waals surface area (Å²) in [5.74, 6) is -0.748. The number of allylic oxidation sites excluding steroid dienone is 8. The summed E-state index contributed by atoms with van der Waals surface area (Å²) >= 11 is 0. The van der Waals surface area contributed by atoms with Gasteiger partial charge in [0, 0.05) is 6.42 Å². The van der Waals surface area contributed by atoms with E-state index >= 15 is 0 Å². The number of hydrogen-bond acceptors (Lipinski definition) is 3. The zero-order valence-electron chi connectivity index (χ0n) is 14.3. The molecule has 0 saturated carbocycles. The lowest BCUT2D eigenvalue weighted by molar-refractivity contribution is -0.137. The fourth-order valence-corrected chi connectivity index (χ4v) is 2.04. The quantitative estimate of drug-likeness (QED) is 0.419. The van der Waals surface area contributed by atoms with Crippen molar-refractivity contribution >= 4 is 5.97 Å². The molecule has 1 heterocycles. The van der Waals surface area contributed by atoms with Gasteiger partial charge in [0.25, 0.3) is 0 Å². The van der Waals surface area contributed by atoms with E-state index in [2.05, 4.69) is 0 Å². The number of aliphatic carboxylic acids is 1. The van der Waals surface area contributed by atoms with Gasteiger partial charge in [-0.25, -0.2) is 0 Å². The van der Waals surface area contributed by atoms with Crippen molar-refractivity contribution < 1.29 is 19.7 Å². The van der Waals surface area contributed by atoms with E-state index in [0.717, 1.165) is 19.3 Å². The van der Waals surface area contributed by atoms with Gasteiger partial charge in [0.15, 0.2) is 0 Å². The van der Waals surface area contributed by atoms with E-state index in [-0.39, 0.29) is 24.7 Å². The number of ether oxygens (including phenoxy) is 1. The predicted octanol–water partition coefficient (Wildman–Crippen LogP) is 3.95. The third-order valence-electron chi connectivity index (χ3n) is 3.54. The van der Waals surface area contributed by atoms with Crippen LogP contribution in [0.4, 0.5) is 0 Å². The molecular formula is C20H28O4. The average molecular weight is 332 g/mol. The van der Waals surface area contributed by atoms with E-state index in [1.165, 1.54) is 0 Å². The van der Waals surface area contributed by atoms with Crippen molar-refractivity contribution in [3.63, 3.8) is 0 Å². The largest absolute Gasteiger partial charge is 0.481 e. The Balaban J connectivity index is 2.06. The number of carbonyl (C=O) groups is 1. The molecule has 24 heavy (non-hydrogen) atoms. The Kier molecular flexibility index (Phi) is 10.5. The molecule has 2 unspecified atom stereocenters. The van der Waals surface area contributed by atoms with Gasteiger partial charge in [-0.05, 0) is 25.7 Å². The number of aliphatic hydroxyl groups excluding tert-OH is 1. The fourth-order valence-electron chi connectivity index (χ4n) is 2.04. The lowest BCUT2D eigenvalue weighted by Gasteiger charge is -1.95. The topological polar surface area (TPSA) is 70.1 Å². The summed E-state index contributed by atoms with van der Waals surface area (Å²) in [6, 6.07) is 0. The molecule has 0 aromatic carbocycles. The summed E-state index contributed by atoms with van der Waals surface area (Å²) in [5, 5.41) is 17.9. The Morgan fingerprint density at radius 3 is 2.54 bits per heavy atom. The molecule has 0 aliphatic carbocycles. The van der Waals surface area contributed by atoms with Crippen LogP contribution in [0.3, 0.4) is 0 Å². The SMILES string of the molecule is CC[C@@H](O)/C=C/C=C\C/C=C/C=C/C=C/C1OC1CCCC(=O)O. The smallest absolute Gasteiger partial charge is 0.303 e. The molecule has 1 aliphatic rings. The second-order valence-electron chi connectivity index (χ2n) is 5.65. The maximum absolute atomic E-state index is 10.4. The molecule has 1 saturated heterocycles. The summed E-state index contributed by atoms with van der Waals surface area (Å²) in [7, 11) is 0. The van der Waals surface area contributed by atoms with E-state index in [9.17, 15) is 9.90 Å². The molecule has 1 fully saturated rings. The van der Waals surface area contributed by atoms with Gasteiger partial charge in [-0.2, -0.15) is 0 Å². The first-order chi connectivity index (χ1) is 11.6. The summed E-state index contributed by atoms with van der Waals surface area (Å²) in [6.45, 7) is 1.94. The van der Waals surface area contributed by atoms with Crippen LogP contribution >= 0.6 is 0 Å². The lowest BCUT2D eigenvalue weighted by atomic mass is 10.1. The van der Waals surface area contributed by atoms with Crippen LogP contribution < -0.4 is 0 Å². The van der Waals surface area contributed by atoms with Crippen LogP contribution in [0.2, 0.25) is 0 Å². The molecule has 0 aromatic rings. The molecule has 3 atom stereocenters. The van der Waals surface area contributed by atoms with Gasteiger partial charge in [-0.15, -0.1) is 0 Å². The molecule has 1 aliphatic heterocycles. The summed E-state index contributed by atoms with van der Waals surface area (Å²) < 4.78 is 5.44. The van der Waals surface area contributed by atoms with E-state index in [0.29, 0.717) is 6.42 Å². The Labute approximate surface area is 144 Å². The first-order valence-electron chi connectivity index (χ1n) is 8.52. The number of rotatable bonds is 12. The van der Waals surface area contributed by atoms with Crippen molar-refractivity contribution in [2.24, 2.45) is 0 Å². The van der Waals surface area contributed by atoms with Crippen molar-refractivity contribution in [3.8, 4) is 0 Å². The van der Waals surface area contributed by atoms with Crippen LogP contribution in [-0.4, -0.2) is 34.5 Å². The molecule has 4 nitrogen and oxygen atoms in total. The molecule has 2 N–H and O–H groups in total. The molecule has 0 radical (unpaired) electrons. The van der Waals surface area contributed by atoms with E-state index in [1.807, 2.05) is 61.6 Å². The molecule has 0 amide bonds. The number of epoxide rings is 1. The highest BCUT2D eigenvalue weighted by Gasteiger charge is 2.35. The zero-order chi connectivity index (χ0) is 17.6. The summed E-state index contributed by atoms with van der Waals surface area (Å²) in [4.78, 5) is 10.4. The van der Waals surface area contributed by atoms with E-state index in [4.69, 9.17) is 9.84 Å². The van der Waals surface area contributed by atoms with Crippen LogP contribution in [0.15, 0.2) is 60.8 Å². The minimum Gasteiger partial charge on any atom is -0.481 e. The second kappa shape index (κ2) is 12.5. The maximum atomic E-state index is 10.4. The van der Waals surface area contributed by atoms with Crippen molar-refractivity contribution in [3.05, 3.63) is 60.8 Å². The zero-order valence-corrected chi connectivity index (χ0v) is 14.3. The molecule has 132 valence electrons. The van der Waals surface area contributed by atoms with Gasteiger partial charge in [-0.3, -0.25) is 4.79 Å². The number of carboxylic acid groups (broad SMARTS) is 1. The molecule has 0 aromatic heterocycles. The Morgan fingerprint density at radius 1 is 1.12 bits per heavy atom. The Hall–Kier alpha value is -1.91. The van der Waals surface area contributed by atoms with Crippen LogP contribution in [0.1, 0.15) is 39.0 Å². The van der Waals surface area contributed by atoms with Gasteiger partial charge in [0.05, 0.1) is 12.2 Å². The van der Waals surface area contributed by atoms with E-state index < -0.39 is 5.97 Å². The van der Waals surface area contributed by atoms with Gasteiger partial charge in [-0.1, -0.05) is 67.7 Å². The first-order valence-corrected chi connectivity index (χ1v) is 8.52. The number of hydrogen-bond donors (Lipinski definition) is 2. The Morgan fingerprint density at radius 2 is 1.83 bits per heavy atom. The highest BCUT2D eigenvalue weighted by molar-refractivity contribution is 5.66. The standard InChI is InChI=1S/C20H28O4/c1-2-17(21)13-10-8-6-4-3-5-7-9-11-14-18-19(24-18)15-12-16-20(22)23/h3,5-11,13-14,17-19,21H,2,4,12,15-16H2,1H3,(H,22,23)/b5-3+,8-6-,9-7+,13-10+,14-11+/t17-,18?,19?/m1/s1. The van der Waals surface area contributed by atoms with Crippen LogP contribution in [0.25, 0.3) is 0 Å². The van der Waals surface area contributed by atoms with Gasteiger partial charge in [0.1, 0.15) is 6.10 Å². The third-order valence-corrected chi connectivity index (χ3v) is 3.54. The van der Waals surface area contributed by atoms with Crippen LogP contribution in [0.5, 0.6) is 0 Å². The van der Waals surface area contributed by atoms with Crippen molar-refractivity contribution in [1.82, 2.24) is 0 Å². The maximum Gasteiger partial charge on any atom is 0.303 e. The minimum atomic E-state index is -0.748. The molecule has 0 spiro atoms. The molecular weight excluding hydrogens is 304 g/mol. The third kappa shape index (κ3) is 10.8. The highest BCUT2D eigenvalue weighted by Crippen LogP contribution is 2.28. The van der Waals surface area contributed by atoms with E-state index in [1.54, 1.807) is 6.08 Å². The molecule has 4 heteroatoms. The molecule has 0 bridgehead atoms. The number of aliphatic hydroxyl groups is 1. The predicted molar refractivity (Wildman–Crippen MR) is 96.8 cm³/mol. The molecule has 1 rings (SSSR count). The van der Waals surface area contributed by atoms with Crippen molar-refractivity contribution in [2.45, 2.75) is 57.3 Å². The monoisotopic (exact) mass is 332 g/mol. The normalized spacial score (nSPS) is 22.6. The highest BCUT2D eigenvalue weighted by atomic mass is 16.6. The van der Waals surface area contributed by atoms with Crippen molar-refractivity contribution in [1.29, 1.82) is 0 Å². The summed E-state index contributed by atoms with van der Waals surface area (Å²) in [6.07, 6.45) is 22.7. The number of carboxylic acids is 1. The van der Waals surface area contributed by atoms with Gasteiger partial charge >= 0.3 is 5.97 Å². The van der Waals surface area contributed by atoms with Crippen LogP contribution in [0, 0.1) is 0 Å². The van der Waals surface area contributed by atoms with Crippen LogP contribution in [-0.2, 0) is 9.53 Å². The van der Waals surface area contributed by atoms with Crippen molar-refractivity contribution in [2.75, 3.05) is 0 Å². The lowest BCUT2D eigenvalue weighted by Crippen LogP contribution is -1.97.